The van der Waals surface area contributed by atoms with Crippen molar-refractivity contribution >= 4 is 19.7 Å². The largest absolute Gasteiger partial charge is 0.327 e. The van der Waals surface area contributed by atoms with E-state index in [1.807, 2.05) is 44.3 Å². The van der Waals surface area contributed by atoms with Gasteiger partial charge in [-0.2, -0.15) is 5.10 Å². The zero-order valence-electron chi connectivity index (χ0n) is 12.6. The Morgan fingerprint density at radius 3 is 2.26 bits per heavy atom. The molecule has 19 heavy (non-hydrogen) atoms. The Morgan fingerprint density at radius 2 is 1.79 bits per heavy atom. The van der Waals surface area contributed by atoms with Crippen LogP contribution in [0.15, 0.2) is 35.4 Å². The highest BCUT2D eigenvalue weighted by Gasteiger charge is 2.20. The third kappa shape index (κ3) is 4.99. The fourth-order valence-electron chi connectivity index (χ4n) is 1.47. The quantitative estimate of drug-likeness (QED) is 0.452. The van der Waals surface area contributed by atoms with Crippen LogP contribution in [0.4, 0.5) is 0 Å². The number of hydrogen-bond donors (Lipinski definition) is 0. The zero-order valence-corrected chi connectivity index (χ0v) is 13.6. The Kier molecular flexibility index (Phi) is 5.48. The van der Waals surface area contributed by atoms with Gasteiger partial charge in [-0.3, -0.25) is 4.79 Å². The summed E-state index contributed by atoms with van der Waals surface area (Å²) in [6.45, 7) is 8.61. The average molecular weight is 276 g/mol. The number of hydrazone groups is 1. The molecule has 1 aromatic carbocycles. The molecule has 0 atom stereocenters. The summed E-state index contributed by atoms with van der Waals surface area (Å²) in [4.78, 5) is 11.7. The van der Waals surface area contributed by atoms with Crippen molar-refractivity contribution in [3.63, 3.8) is 0 Å². The lowest BCUT2D eigenvalue weighted by atomic mass is 10.0. The molecule has 1 rings (SSSR count). The molecule has 0 fully saturated rings. The smallest absolute Gasteiger partial charge is 0.168 e. The summed E-state index contributed by atoms with van der Waals surface area (Å²) in [5.74, 6) is 0.228. The molecule has 0 radical (unpaired) electrons. The fraction of sp³-hybridized carbons (Fsp3) is 0.467. The van der Waals surface area contributed by atoms with Gasteiger partial charge in [0.05, 0.1) is 12.1 Å². The summed E-state index contributed by atoms with van der Waals surface area (Å²) in [7, 11) is 0.523. The number of nitrogens with zero attached hydrogens (tertiary/aromatic N) is 2. The number of Topliss-reactive ketones (excluding diaryl/α,β-unsaturated/α-hetero) is 1. The molecule has 0 saturated carbocycles. The first-order chi connectivity index (χ1) is 8.84. The Labute approximate surface area is 117 Å². The van der Waals surface area contributed by atoms with Gasteiger partial charge in [0.25, 0.3) is 0 Å². The van der Waals surface area contributed by atoms with Crippen molar-refractivity contribution in [2.45, 2.75) is 39.4 Å². The molecular formula is C15H24N2OSi. The number of carbonyl (C=O) groups excluding carboxylic acids is 1. The Bertz CT molecular complexity index is 449. The standard InChI is InChI=1S/C15H24N2OSi/c1-6-14(18)12-15(13-10-8-7-9-11-13)16-17(2)19(3,4)5/h7-11H,6,12H2,1-5H3/b16-15+. The second-order valence-corrected chi connectivity index (χ2v) is 10.7. The minimum atomic E-state index is -1.48. The highest BCUT2D eigenvalue weighted by atomic mass is 28.3. The van der Waals surface area contributed by atoms with Gasteiger partial charge >= 0.3 is 0 Å². The van der Waals surface area contributed by atoms with Crippen LogP contribution in [-0.4, -0.2) is 31.5 Å². The van der Waals surface area contributed by atoms with E-state index in [4.69, 9.17) is 5.10 Å². The third-order valence-corrected chi connectivity index (χ3v) is 5.15. The summed E-state index contributed by atoms with van der Waals surface area (Å²) < 4.78 is 2.05. The van der Waals surface area contributed by atoms with E-state index in [2.05, 4.69) is 24.3 Å². The van der Waals surface area contributed by atoms with E-state index < -0.39 is 8.24 Å². The van der Waals surface area contributed by atoms with Crippen LogP contribution in [0.5, 0.6) is 0 Å². The molecule has 1 aromatic rings. The summed E-state index contributed by atoms with van der Waals surface area (Å²) in [6.07, 6.45) is 0.970. The van der Waals surface area contributed by atoms with Crippen LogP contribution in [0.25, 0.3) is 0 Å². The van der Waals surface area contributed by atoms with Gasteiger partial charge in [-0.1, -0.05) is 56.9 Å². The van der Waals surface area contributed by atoms with E-state index in [9.17, 15) is 4.79 Å². The molecule has 0 heterocycles. The lowest BCUT2D eigenvalue weighted by molar-refractivity contribution is -0.117. The molecule has 104 valence electrons. The van der Waals surface area contributed by atoms with E-state index in [0.717, 1.165) is 11.3 Å². The van der Waals surface area contributed by atoms with Crippen molar-refractivity contribution in [3.05, 3.63) is 35.9 Å². The summed E-state index contributed by atoms with van der Waals surface area (Å²) in [5, 5.41) is 4.70. The maximum atomic E-state index is 11.7. The summed E-state index contributed by atoms with van der Waals surface area (Å²) in [6, 6.07) is 9.97. The molecule has 0 aliphatic heterocycles. The van der Waals surface area contributed by atoms with Crippen molar-refractivity contribution < 1.29 is 4.79 Å². The number of hydrogen-bond acceptors (Lipinski definition) is 3. The lowest BCUT2D eigenvalue weighted by Gasteiger charge is -2.28. The van der Waals surface area contributed by atoms with Gasteiger partial charge in [0, 0.05) is 13.5 Å². The zero-order chi connectivity index (χ0) is 14.5. The van der Waals surface area contributed by atoms with E-state index in [-0.39, 0.29) is 5.78 Å². The Morgan fingerprint density at radius 1 is 1.21 bits per heavy atom. The van der Waals surface area contributed by atoms with Crippen molar-refractivity contribution in [1.29, 1.82) is 0 Å². The molecule has 0 saturated heterocycles. The van der Waals surface area contributed by atoms with E-state index in [0.29, 0.717) is 12.8 Å². The van der Waals surface area contributed by atoms with Crippen molar-refractivity contribution in [2.75, 3.05) is 7.05 Å². The van der Waals surface area contributed by atoms with Crippen molar-refractivity contribution in [1.82, 2.24) is 4.67 Å². The predicted molar refractivity (Wildman–Crippen MR) is 84.0 cm³/mol. The van der Waals surface area contributed by atoms with E-state index >= 15 is 0 Å². The van der Waals surface area contributed by atoms with Gasteiger partial charge in [0.1, 0.15) is 5.78 Å². The second-order valence-electron chi connectivity index (χ2n) is 5.68. The van der Waals surface area contributed by atoms with Crippen molar-refractivity contribution in [3.8, 4) is 0 Å². The molecule has 0 aliphatic carbocycles. The summed E-state index contributed by atoms with van der Waals surface area (Å²) in [5.41, 5.74) is 1.91. The van der Waals surface area contributed by atoms with Gasteiger partial charge in [-0.05, 0) is 5.56 Å². The topological polar surface area (TPSA) is 32.7 Å². The van der Waals surface area contributed by atoms with Crippen LogP contribution in [0.2, 0.25) is 19.6 Å². The van der Waals surface area contributed by atoms with Crippen LogP contribution in [-0.2, 0) is 4.79 Å². The van der Waals surface area contributed by atoms with Crippen LogP contribution in [0, 0.1) is 0 Å². The molecule has 0 spiro atoms. The number of benzene rings is 1. The van der Waals surface area contributed by atoms with Crippen LogP contribution >= 0.6 is 0 Å². The van der Waals surface area contributed by atoms with E-state index in [1.54, 1.807) is 0 Å². The predicted octanol–water partition coefficient (Wildman–Crippen LogP) is 3.53. The van der Waals surface area contributed by atoms with Crippen LogP contribution < -0.4 is 0 Å². The average Bonchev–Trinajstić information content (AvgIpc) is 2.37. The highest BCUT2D eigenvalue weighted by Crippen LogP contribution is 2.12. The first-order valence-corrected chi connectivity index (χ1v) is 10.2. The molecule has 0 aromatic heterocycles. The van der Waals surface area contributed by atoms with Gasteiger partial charge in [0.2, 0.25) is 0 Å². The van der Waals surface area contributed by atoms with Crippen molar-refractivity contribution in [2.24, 2.45) is 5.10 Å². The molecule has 0 amide bonds. The first-order valence-electron chi connectivity index (χ1n) is 6.73. The van der Waals surface area contributed by atoms with Gasteiger partial charge in [-0.15, -0.1) is 0 Å². The number of carbonyl (C=O) groups is 1. The van der Waals surface area contributed by atoms with Crippen LogP contribution in [0.3, 0.4) is 0 Å². The van der Waals surface area contributed by atoms with Gasteiger partial charge in [0.15, 0.2) is 8.24 Å². The van der Waals surface area contributed by atoms with E-state index in [1.165, 1.54) is 0 Å². The SMILES string of the molecule is CCC(=O)C/C(=N\N(C)[Si](C)(C)C)c1ccccc1. The monoisotopic (exact) mass is 276 g/mol. The minimum Gasteiger partial charge on any atom is -0.327 e. The lowest BCUT2D eigenvalue weighted by Crippen LogP contribution is -2.40. The Balaban J connectivity index is 3.06. The normalized spacial score (nSPS) is 12.4. The first kappa shape index (κ1) is 15.6. The molecule has 0 N–H and O–H groups in total. The number of rotatable bonds is 6. The maximum absolute atomic E-state index is 11.7. The van der Waals surface area contributed by atoms with Gasteiger partial charge in [-0.25, -0.2) is 0 Å². The second kappa shape index (κ2) is 6.66. The summed E-state index contributed by atoms with van der Waals surface area (Å²) >= 11 is 0. The molecular weight excluding hydrogens is 252 g/mol. The molecule has 0 bridgehead atoms. The highest BCUT2D eigenvalue weighted by molar-refractivity contribution is 6.73. The van der Waals surface area contributed by atoms with Crippen LogP contribution in [0.1, 0.15) is 25.3 Å². The number of ketones is 1. The fourth-order valence-corrected chi connectivity index (χ4v) is 1.89. The molecule has 0 aliphatic rings. The minimum absolute atomic E-state index is 0.228. The Hall–Kier alpha value is -1.42. The molecule has 3 nitrogen and oxygen atoms in total. The molecule has 0 unspecified atom stereocenters. The van der Waals surface area contributed by atoms with Gasteiger partial charge < -0.3 is 4.67 Å². The third-order valence-electron chi connectivity index (χ3n) is 3.11. The maximum Gasteiger partial charge on any atom is 0.168 e. The molecule has 4 heteroatoms.